The minimum Gasteiger partial charge on any atom is -0.465 e. The molecule has 0 spiro atoms. The number of ether oxygens (including phenoxy) is 1. The first-order valence-electron chi connectivity index (χ1n) is 5.06. The number of rotatable bonds is 6. The lowest BCUT2D eigenvalue weighted by atomic mass is 10.1. The zero-order chi connectivity index (χ0) is 10.6. The average Bonchev–Trinajstić information content (AvgIpc) is 2.95. The SMILES string of the molecule is C=CCC(C)COC(=O)C1(C=C)CC1. The average molecular weight is 194 g/mol. The van der Waals surface area contributed by atoms with E-state index in [4.69, 9.17) is 4.74 Å². The van der Waals surface area contributed by atoms with E-state index < -0.39 is 0 Å². The van der Waals surface area contributed by atoms with Gasteiger partial charge in [-0.05, 0) is 25.2 Å². The molecule has 0 aromatic rings. The molecular weight excluding hydrogens is 176 g/mol. The second-order valence-electron chi connectivity index (χ2n) is 4.09. The highest BCUT2D eigenvalue weighted by Gasteiger charge is 2.48. The first-order valence-corrected chi connectivity index (χ1v) is 5.06. The van der Waals surface area contributed by atoms with Crippen molar-refractivity contribution in [2.45, 2.75) is 26.2 Å². The van der Waals surface area contributed by atoms with Crippen molar-refractivity contribution in [2.24, 2.45) is 11.3 Å². The Balaban J connectivity index is 2.28. The van der Waals surface area contributed by atoms with Gasteiger partial charge in [-0.1, -0.05) is 19.1 Å². The molecule has 0 radical (unpaired) electrons. The highest BCUT2D eigenvalue weighted by atomic mass is 16.5. The first kappa shape index (κ1) is 11.0. The minimum absolute atomic E-state index is 0.108. The van der Waals surface area contributed by atoms with Gasteiger partial charge in [0.25, 0.3) is 0 Å². The Morgan fingerprint density at radius 1 is 1.57 bits per heavy atom. The standard InChI is InChI=1S/C12H18O2/c1-4-6-10(3)9-14-11(13)12(5-2)7-8-12/h4-5,10H,1-2,6-9H2,3H3. The highest BCUT2D eigenvalue weighted by molar-refractivity contribution is 5.82. The highest BCUT2D eigenvalue weighted by Crippen LogP contribution is 2.47. The van der Waals surface area contributed by atoms with Gasteiger partial charge < -0.3 is 4.74 Å². The molecule has 0 amide bonds. The predicted octanol–water partition coefficient (Wildman–Crippen LogP) is 2.71. The molecule has 1 fully saturated rings. The van der Waals surface area contributed by atoms with Crippen LogP contribution in [0.4, 0.5) is 0 Å². The number of esters is 1. The monoisotopic (exact) mass is 194 g/mol. The lowest BCUT2D eigenvalue weighted by Gasteiger charge is -2.13. The van der Waals surface area contributed by atoms with Gasteiger partial charge in [-0.15, -0.1) is 13.2 Å². The van der Waals surface area contributed by atoms with Crippen LogP contribution in [0.1, 0.15) is 26.2 Å². The van der Waals surface area contributed by atoms with Gasteiger partial charge in [0.05, 0.1) is 12.0 Å². The van der Waals surface area contributed by atoms with E-state index in [1.165, 1.54) is 0 Å². The zero-order valence-corrected chi connectivity index (χ0v) is 8.79. The number of carbonyl (C=O) groups excluding carboxylic acids is 1. The molecule has 14 heavy (non-hydrogen) atoms. The van der Waals surface area contributed by atoms with Gasteiger partial charge in [0.15, 0.2) is 0 Å². The van der Waals surface area contributed by atoms with Gasteiger partial charge in [0, 0.05) is 0 Å². The summed E-state index contributed by atoms with van der Waals surface area (Å²) in [5, 5.41) is 0. The van der Waals surface area contributed by atoms with Crippen molar-refractivity contribution in [3.8, 4) is 0 Å². The lowest BCUT2D eigenvalue weighted by molar-refractivity contribution is -0.149. The van der Waals surface area contributed by atoms with Gasteiger partial charge in [-0.3, -0.25) is 4.79 Å². The third-order valence-corrected chi connectivity index (χ3v) is 2.65. The summed E-state index contributed by atoms with van der Waals surface area (Å²) in [5.74, 6) is 0.250. The third kappa shape index (κ3) is 2.47. The maximum absolute atomic E-state index is 11.5. The van der Waals surface area contributed by atoms with Crippen LogP contribution in [0.15, 0.2) is 25.3 Å². The van der Waals surface area contributed by atoms with E-state index in [9.17, 15) is 4.79 Å². The van der Waals surface area contributed by atoms with Crippen LogP contribution in [-0.4, -0.2) is 12.6 Å². The summed E-state index contributed by atoms with van der Waals surface area (Å²) in [6.07, 6.45) is 6.23. The van der Waals surface area contributed by atoms with Crippen molar-refractivity contribution >= 4 is 5.97 Å². The molecule has 0 aromatic carbocycles. The van der Waals surface area contributed by atoms with Gasteiger partial charge in [-0.2, -0.15) is 0 Å². The molecule has 2 heteroatoms. The first-order chi connectivity index (χ1) is 6.64. The van der Waals surface area contributed by atoms with Crippen LogP contribution in [0.5, 0.6) is 0 Å². The van der Waals surface area contributed by atoms with Gasteiger partial charge in [0.1, 0.15) is 0 Å². The Bertz CT molecular complexity index is 239. The quantitative estimate of drug-likeness (QED) is 0.480. The molecular formula is C12H18O2. The van der Waals surface area contributed by atoms with Gasteiger partial charge in [-0.25, -0.2) is 0 Å². The molecule has 1 aliphatic carbocycles. The summed E-state index contributed by atoms with van der Waals surface area (Å²) in [6.45, 7) is 9.84. The third-order valence-electron chi connectivity index (χ3n) is 2.65. The van der Waals surface area contributed by atoms with E-state index >= 15 is 0 Å². The fraction of sp³-hybridized carbons (Fsp3) is 0.583. The van der Waals surface area contributed by atoms with Crippen LogP contribution in [0, 0.1) is 11.3 Å². The molecule has 1 saturated carbocycles. The summed E-state index contributed by atoms with van der Waals surface area (Å²) in [7, 11) is 0. The molecule has 78 valence electrons. The van der Waals surface area contributed by atoms with Crippen LogP contribution in [0.25, 0.3) is 0 Å². The Morgan fingerprint density at radius 2 is 2.21 bits per heavy atom. The summed E-state index contributed by atoms with van der Waals surface area (Å²) in [4.78, 5) is 11.5. The molecule has 1 atom stereocenters. The summed E-state index contributed by atoms with van der Waals surface area (Å²) in [6, 6.07) is 0. The van der Waals surface area contributed by atoms with Gasteiger partial charge in [0.2, 0.25) is 0 Å². The number of hydrogen-bond acceptors (Lipinski definition) is 2. The molecule has 0 aromatic heterocycles. The number of allylic oxidation sites excluding steroid dienone is 1. The van der Waals surface area contributed by atoms with E-state index in [0.29, 0.717) is 12.5 Å². The van der Waals surface area contributed by atoms with Crippen LogP contribution in [0.3, 0.4) is 0 Å². The molecule has 1 rings (SSSR count). The summed E-state index contributed by atoms with van der Waals surface area (Å²) >= 11 is 0. The van der Waals surface area contributed by atoms with E-state index in [1.807, 2.05) is 13.0 Å². The van der Waals surface area contributed by atoms with Crippen LogP contribution < -0.4 is 0 Å². The van der Waals surface area contributed by atoms with E-state index in [-0.39, 0.29) is 11.4 Å². The Kier molecular flexibility index (Phi) is 3.50. The van der Waals surface area contributed by atoms with Gasteiger partial charge >= 0.3 is 5.97 Å². The van der Waals surface area contributed by atoms with Crippen LogP contribution >= 0.6 is 0 Å². The van der Waals surface area contributed by atoms with Crippen LogP contribution in [0.2, 0.25) is 0 Å². The predicted molar refractivity (Wildman–Crippen MR) is 56.8 cm³/mol. The Morgan fingerprint density at radius 3 is 2.64 bits per heavy atom. The Hall–Kier alpha value is -1.05. The normalized spacial score (nSPS) is 19.5. The van der Waals surface area contributed by atoms with Crippen molar-refractivity contribution in [3.63, 3.8) is 0 Å². The lowest BCUT2D eigenvalue weighted by Crippen LogP contribution is -2.19. The van der Waals surface area contributed by atoms with Crippen molar-refractivity contribution in [1.29, 1.82) is 0 Å². The van der Waals surface area contributed by atoms with E-state index in [0.717, 1.165) is 19.3 Å². The molecule has 0 bridgehead atoms. The molecule has 0 heterocycles. The summed E-state index contributed by atoms with van der Waals surface area (Å²) < 4.78 is 5.22. The maximum atomic E-state index is 11.5. The molecule has 0 N–H and O–H groups in total. The minimum atomic E-state index is -0.339. The van der Waals surface area contributed by atoms with Crippen molar-refractivity contribution in [2.75, 3.05) is 6.61 Å². The van der Waals surface area contributed by atoms with Crippen LogP contribution in [-0.2, 0) is 9.53 Å². The molecule has 1 aliphatic rings. The van der Waals surface area contributed by atoms with E-state index in [2.05, 4.69) is 13.2 Å². The van der Waals surface area contributed by atoms with Crippen molar-refractivity contribution in [1.82, 2.24) is 0 Å². The largest absolute Gasteiger partial charge is 0.465 e. The zero-order valence-electron chi connectivity index (χ0n) is 8.79. The Labute approximate surface area is 85.6 Å². The molecule has 2 nitrogen and oxygen atoms in total. The fourth-order valence-corrected chi connectivity index (χ4v) is 1.34. The van der Waals surface area contributed by atoms with Crippen molar-refractivity contribution < 1.29 is 9.53 Å². The second-order valence-corrected chi connectivity index (χ2v) is 4.09. The topological polar surface area (TPSA) is 26.3 Å². The van der Waals surface area contributed by atoms with Crippen molar-refractivity contribution in [3.05, 3.63) is 25.3 Å². The second kappa shape index (κ2) is 4.45. The number of carbonyl (C=O) groups is 1. The summed E-state index contributed by atoms with van der Waals surface area (Å²) in [5.41, 5.74) is -0.339. The smallest absolute Gasteiger partial charge is 0.315 e. The molecule has 0 saturated heterocycles. The number of hydrogen-bond donors (Lipinski definition) is 0. The maximum Gasteiger partial charge on any atom is 0.315 e. The molecule has 1 unspecified atom stereocenters. The van der Waals surface area contributed by atoms with E-state index in [1.54, 1.807) is 6.08 Å². The fourth-order valence-electron chi connectivity index (χ4n) is 1.34. The molecule has 0 aliphatic heterocycles.